The molecule has 2 aromatic rings. The summed E-state index contributed by atoms with van der Waals surface area (Å²) in [6, 6.07) is 6.65. The Morgan fingerprint density at radius 1 is 0.889 bits per heavy atom. The van der Waals surface area contributed by atoms with Gasteiger partial charge in [0.15, 0.2) is 11.6 Å². The molecule has 0 saturated carbocycles. The van der Waals surface area contributed by atoms with Crippen LogP contribution in [0.5, 0.6) is 11.5 Å². The first kappa shape index (κ1) is 12.8. The number of benzene rings is 2. The molecule has 0 fully saturated rings. The molecular weight excluding hydrogens is 265 g/mol. The maximum absolute atomic E-state index is 13.4. The van der Waals surface area contributed by atoms with E-state index in [-0.39, 0.29) is 17.4 Å². The Labute approximate surface area is 107 Å². The molecule has 0 aromatic heterocycles. The highest BCUT2D eigenvalue weighted by molar-refractivity contribution is 6.17. The van der Waals surface area contributed by atoms with Crippen molar-refractivity contribution in [3.05, 3.63) is 59.4 Å². The molecule has 0 bridgehead atoms. The van der Waals surface area contributed by atoms with E-state index < -0.39 is 17.5 Å². The van der Waals surface area contributed by atoms with Crippen molar-refractivity contribution >= 4 is 11.6 Å². The topological polar surface area (TPSA) is 9.23 Å². The first-order valence-corrected chi connectivity index (χ1v) is 5.61. The van der Waals surface area contributed by atoms with Crippen LogP contribution in [0.4, 0.5) is 13.2 Å². The van der Waals surface area contributed by atoms with E-state index in [2.05, 4.69) is 0 Å². The molecule has 0 N–H and O–H groups in total. The fraction of sp³-hybridized carbons (Fsp3) is 0.0769. The molecule has 0 aliphatic carbocycles. The third-order valence-electron chi connectivity index (χ3n) is 2.28. The van der Waals surface area contributed by atoms with Gasteiger partial charge in [0.2, 0.25) is 0 Å². The van der Waals surface area contributed by atoms with Crippen molar-refractivity contribution in [3.63, 3.8) is 0 Å². The summed E-state index contributed by atoms with van der Waals surface area (Å²) in [4.78, 5) is 0. The van der Waals surface area contributed by atoms with Gasteiger partial charge in [-0.1, -0.05) is 0 Å². The van der Waals surface area contributed by atoms with E-state index in [1.165, 1.54) is 18.2 Å². The number of halogens is 4. The maximum atomic E-state index is 13.4. The Bertz CT molecular complexity index is 572. The summed E-state index contributed by atoms with van der Waals surface area (Å²) in [5.41, 5.74) is 0.389. The van der Waals surface area contributed by atoms with Gasteiger partial charge in [0, 0.05) is 11.6 Å². The molecule has 0 radical (unpaired) electrons. The lowest BCUT2D eigenvalue weighted by atomic mass is 10.2. The van der Waals surface area contributed by atoms with Gasteiger partial charge in [0.25, 0.3) is 0 Å². The lowest BCUT2D eigenvalue weighted by Crippen LogP contribution is -1.93. The summed E-state index contributed by atoms with van der Waals surface area (Å²) in [7, 11) is 0. The van der Waals surface area contributed by atoms with Crippen LogP contribution in [0.2, 0.25) is 0 Å². The minimum Gasteiger partial charge on any atom is -0.454 e. The summed E-state index contributed by atoms with van der Waals surface area (Å²) in [5, 5.41) is 0. The number of alkyl halides is 1. The van der Waals surface area contributed by atoms with Crippen molar-refractivity contribution in [2.75, 3.05) is 0 Å². The van der Waals surface area contributed by atoms with Crippen LogP contribution >= 0.6 is 11.6 Å². The van der Waals surface area contributed by atoms with Crippen molar-refractivity contribution < 1.29 is 17.9 Å². The SMILES string of the molecule is Fc1ccc(Oc2ccc(F)cc2CCl)c(F)c1. The van der Waals surface area contributed by atoms with E-state index in [0.717, 1.165) is 12.1 Å². The second kappa shape index (κ2) is 5.31. The molecule has 2 rings (SSSR count). The van der Waals surface area contributed by atoms with Gasteiger partial charge in [-0.15, -0.1) is 11.6 Å². The second-order valence-corrected chi connectivity index (χ2v) is 3.83. The molecule has 0 aliphatic rings. The van der Waals surface area contributed by atoms with Gasteiger partial charge in [-0.3, -0.25) is 0 Å². The molecule has 1 nitrogen and oxygen atoms in total. The lowest BCUT2D eigenvalue weighted by molar-refractivity contribution is 0.433. The summed E-state index contributed by atoms with van der Waals surface area (Å²) in [5.74, 6) is -1.88. The van der Waals surface area contributed by atoms with Crippen molar-refractivity contribution in [2.45, 2.75) is 5.88 Å². The third-order valence-corrected chi connectivity index (χ3v) is 2.57. The molecule has 0 unspecified atom stereocenters. The number of ether oxygens (including phenoxy) is 1. The summed E-state index contributed by atoms with van der Waals surface area (Å²) in [6.45, 7) is 0. The Kier molecular flexibility index (Phi) is 3.77. The van der Waals surface area contributed by atoms with Crippen molar-refractivity contribution in [1.82, 2.24) is 0 Å². The van der Waals surface area contributed by atoms with Gasteiger partial charge >= 0.3 is 0 Å². The maximum Gasteiger partial charge on any atom is 0.168 e. The zero-order chi connectivity index (χ0) is 13.1. The van der Waals surface area contributed by atoms with E-state index in [1.54, 1.807) is 0 Å². The molecule has 18 heavy (non-hydrogen) atoms. The number of rotatable bonds is 3. The van der Waals surface area contributed by atoms with E-state index in [4.69, 9.17) is 16.3 Å². The molecule has 94 valence electrons. The molecule has 0 aliphatic heterocycles. The third kappa shape index (κ3) is 2.76. The Balaban J connectivity index is 2.33. The predicted molar refractivity (Wildman–Crippen MR) is 62.4 cm³/mol. The molecular formula is C13H8ClF3O. The van der Waals surface area contributed by atoms with E-state index in [1.807, 2.05) is 0 Å². The largest absolute Gasteiger partial charge is 0.454 e. The van der Waals surface area contributed by atoms with Gasteiger partial charge < -0.3 is 4.74 Å². The standard InChI is InChI=1S/C13H8ClF3O/c14-7-8-5-9(15)1-3-12(8)18-13-4-2-10(16)6-11(13)17/h1-6H,7H2. The predicted octanol–water partition coefficient (Wildman–Crippen LogP) is 4.64. The smallest absolute Gasteiger partial charge is 0.168 e. The van der Waals surface area contributed by atoms with Gasteiger partial charge in [-0.2, -0.15) is 0 Å². The summed E-state index contributed by atoms with van der Waals surface area (Å²) in [6.07, 6.45) is 0. The number of hydrogen-bond donors (Lipinski definition) is 0. The first-order valence-electron chi connectivity index (χ1n) is 5.07. The van der Waals surface area contributed by atoms with Crippen LogP contribution in [-0.2, 0) is 5.88 Å². The van der Waals surface area contributed by atoms with Gasteiger partial charge in [0.1, 0.15) is 17.4 Å². The Hall–Kier alpha value is -1.68. The first-order chi connectivity index (χ1) is 8.60. The molecule has 2 aromatic carbocycles. The fourth-order valence-electron chi connectivity index (χ4n) is 1.43. The van der Waals surface area contributed by atoms with Crippen molar-refractivity contribution in [2.24, 2.45) is 0 Å². The highest BCUT2D eigenvalue weighted by atomic mass is 35.5. The molecule has 0 amide bonds. The Morgan fingerprint density at radius 3 is 2.11 bits per heavy atom. The lowest BCUT2D eigenvalue weighted by Gasteiger charge is -2.10. The Morgan fingerprint density at radius 2 is 1.50 bits per heavy atom. The van der Waals surface area contributed by atoms with E-state index in [9.17, 15) is 13.2 Å². The minimum atomic E-state index is -0.833. The van der Waals surface area contributed by atoms with E-state index >= 15 is 0 Å². The summed E-state index contributed by atoms with van der Waals surface area (Å²) < 4.78 is 44.3. The molecule has 0 heterocycles. The molecule has 5 heteroatoms. The highest BCUT2D eigenvalue weighted by Crippen LogP contribution is 2.29. The van der Waals surface area contributed by atoms with Crippen LogP contribution in [0.25, 0.3) is 0 Å². The minimum absolute atomic E-state index is 0.0237. The van der Waals surface area contributed by atoms with Crippen LogP contribution in [0.15, 0.2) is 36.4 Å². The zero-order valence-corrected chi connectivity index (χ0v) is 9.85. The van der Waals surface area contributed by atoms with Crippen LogP contribution in [0.1, 0.15) is 5.56 Å². The second-order valence-electron chi connectivity index (χ2n) is 3.56. The van der Waals surface area contributed by atoms with Gasteiger partial charge in [0.05, 0.1) is 5.88 Å². The fourth-order valence-corrected chi connectivity index (χ4v) is 1.64. The van der Waals surface area contributed by atoms with Crippen molar-refractivity contribution in [1.29, 1.82) is 0 Å². The van der Waals surface area contributed by atoms with Crippen LogP contribution in [0, 0.1) is 17.5 Å². The molecule has 0 atom stereocenters. The van der Waals surface area contributed by atoms with Gasteiger partial charge in [-0.05, 0) is 30.3 Å². The average Bonchev–Trinajstić information content (AvgIpc) is 2.34. The normalized spacial score (nSPS) is 10.4. The quantitative estimate of drug-likeness (QED) is 0.740. The van der Waals surface area contributed by atoms with E-state index in [0.29, 0.717) is 11.6 Å². The van der Waals surface area contributed by atoms with Crippen molar-refractivity contribution in [3.8, 4) is 11.5 Å². The van der Waals surface area contributed by atoms with Gasteiger partial charge in [-0.25, -0.2) is 13.2 Å². The highest BCUT2D eigenvalue weighted by Gasteiger charge is 2.10. The van der Waals surface area contributed by atoms with Crippen LogP contribution in [-0.4, -0.2) is 0 Å². The average molecular weight is 273 g/mol. The zero-order valence-electron chi connectivity index (χ0n) is 9.09. The van der Waals surface area contributed by atoms with Crippen LogP contribution in [0.3, 0.4) is 0 Å². The monoisotopic (exact) mass is 272 g/mol. The summed E-state index contributed by atoms with van der Waals surface area (Å²) >= 11 is 5.63. The molecule has 0 saturated heterocycles. The number of hydrogen-bond acceptors (Lipinski definition) is 1. The van der Waals surface area contributed by atoms with Crippen LogP contribution < -0.4 is 4.74 Å². The molecule has 0 spiro atoms.